The molecule has 2 N–H and O–H groups in total. The van der Waals surface area contributed by atoms with E-state index in [1.807, 2.05) is 30.3 Å². The van der Waals surface area contributed by atoms with Gasteiger partial charge >= 0.3 is 190 Å². The van der Waals surface area contributed by atoms with E-state index in [0.717, 1.165) is 25.7 Å². The number of hydrogen-bond acceptors (Lipinski definition) is 4. The first-order valence-corrected chi connectivity index (χ1v) is 22.1. The zero-order chi connectivity index (χ0) is 23.7. The molecular weight excluding hydrogens is 513 g/mol. The third-order valence-corrected chi connectivity index (χ3v) is 10.6. The van der Waals surface area contributed by atoms with Gasteiger partial charge in [0.25, 0.3) is 0 Å². The van der Waals surface area contributed by atoms with E-state index in [2.05, 4.69) is 20.1 Å². The first kappa shape index (κ1) is 25.0. The third kappa shape index (κ3) is 5.47. The van der Waals surface area contributed by atoms with E-state index in [-0.39, 0.29) is 24.3 Å². The van der Waals surface area contributed by atoms with Crippen LogP contribution in [0.2, 0.25) is 19.3 Å². The van der Waals surface area contributed by atoms with Gasteiger partial charge in [0.2, 0.25) is 0 Å². The molecular formula is C24H37N3O4Sn. The van der Waals surface area contributed by atoms with Gasteiger partial charge in [-0.3, -0.25) is 0 Å². The zero-order valence-corrected chi connectivity index (χ0v) is 22.8. The number of aliphatic hydroxyl groups is 1. The van der Waals surface area contributed by atoms with Crippen LogP contribution in [-0.4, -0.2) is 77.0 Å². The van der Waals surface area contributed by atoms with Gasteiger partial charge in [-0.25, -0.2) is 0 Å². The fraction of sp³-hybridized carbons (Fsp3) is 0.625. The van der Waals surface area contributed by atoms with Crippen LogP contribution in [0.15, 0.2) is 30.3 Å². The fourth-order valence-electron chi connectivity index (χ4n) is 5.23. The molecule has 0 spiro atoms. The number of amides is 3. The second kappa shape index (κ2) is 9.71. The molecule has 0 aromatic heterocycles. The molecule has 8 heteroatoms. The van der Waals surface area contributed by atoms with Crippen molar-refractivity contribution in [3.05, 3.63) is 35.9 Å². The molecule has 2 saturated carbocycles. The van der Waals surface area contributed by atoms with Crippen molar-refractivity contribution in [3.8, 4) is 0 Å². The summed E-state index contributed by atoms with van der Waals surface area (Å²) in [7, 11) is 1.56. The first-order valence-electron chi connectivity index (χ1n) is 11.6. The summed E-state index contributed by atoms with van der Waals surface area (Å²) in [6.07, 6.45) is 2.60. The second-order valence-corrected chi connectivity index (χ2v) is 26.4. The number of nitrogens with one attached hydrogen (secondary N) is 1. The van der Waals surface area contributed by atoms with E-state index in [4.69, 9.17) is 0 Å². The third-order valence-electron chi connectivity index (χ3n) is 6.74. The zero-order valence-electron chi connectivity index (χ0n) is 19.9. The predicted molar refractivity (Wildman–Crippen MR) is 127 cm³/mol. The number of hydrogen-bond donors (Lipinski definition) is 2. The van der Waals surface area contributed by atoms with Gasteiger partial charge in [-0.05, 0) is 0 Å². The van der Waals surface area contributed by atoms with Gasteiger partial charge in [-0.1, -0.05) is 6.07 Å². The van der Waals surface area contributed by atoms with Gasteiger partial charge in [0.1, 0.15) is 0 Å². The molecule has 1 aromatic carbocycles. The predicted octanol–water partition coefficient (Wildman–Crippen LogP) is 3.53. The number of ketones is 1. The van der Waals surface area contributed by atoms with Crippen LogP contribution < -0.4 is 5.32 Å². The molecule has 0 radical (unpaired) electrons. The van der Waals surface area contributed by atoms with E-state index >= 15 is 0 Å². The van der Waals surface area contributed by atoms with E-state index in [0.29, 0.717) is 15.9 Å². The van der Waals surface area contributed by atoms with Crippen molar-refractivity contribution in [1.29, 1.82) is 0 Å². The normalized spacial score (nSPS) is 25.3. The van der Waals surface area contributed by atoms with Crippen molar-refractivity contribution >= 4 is 36.1 Å². The van der Waals surface area contributed by atoms with E-state index in [9.17, 15) is 19.5 Å². The molecule has 2 aliphatic carbocycles. The van der Waals surface area contributed by atoms with Crippen molar-refractivity contribution in [2.24, 2.45) is 11.3 Å². The summed E-state index contributed by atoms with van der Waals surface area (Å²) >= 11 is -2.45. The molecule has 1 aromatic rings. The van der Waals surface area contributed by atoms with Gasteiger partial charge in [0.05, 0.1) is 0 Å². The fourth-order valence-corrected chi connectivity index (χ4v) is 8.35. The summed E-state index contributed by atoms with van der Waals surface area (Å²) in [5, 5.41) is 15.7. The molecule has 3 amide bonds. The maximum atomic E-state index is 13.5. The number of benzene rings is 1. The molecule has 0 heterocycles. The number of urea groups is 1. The standard InChI is InChI=1S/C21H28N3O4.3CH3.Sn/c1-14(25)13-24(15(2)26)23(3)20(28)22-18-11-16-9-10-21(18,12-16)19(27)17-7-5-4-6-8-17;;;;/h4-8,14,16,18,25H,2,9-13H2,1,3H3,(H,22,28);3*1H3;. The summed E-state index contributed by atoms with van der Waals surface area (Å²) in [6.45, 7) is 1.67. The minimum absolute atomic E-state index is 0.0616. The molecule has 0 saturated heterocycles. The number of hydrazine groups is 1. The maximum absolute atomic E-state index is 13.5. The van der Waals surface area contributed by atoms with E-state index in [1.54, 1.807) is 14.0 Å². The molecule has 4 atom stereocenters. The van der Waals surface area contributed by atoms with Crippen LogP contribution >= 0.6 is 0 Å². The molecule has 32 heavy (non-hydrogen) atoms. The van der Waals surface area contributed by atoms with Crippen LogP contribution in [0.5, 0.6) is 0 Å². The molecule has 4 unspecified atom stereocenters. The average molecular weight is 550 g/mol. The molecule has 2 fully saturated rings. The van der Waals surface area contributed by atoms with Crippen LogP contribution in [-0.2, 0) is 4.79 Å². The van der Waals surface area contributed by atoms with Crippen molar-refractivity contribution in [2.75, 3.05) is 13.6 Å². The Morgan fingerprint density at radius 1 is 1.22 bits per heavy atom. The average Bonchev–Trinajstić information content (AvgIpc) is 3.29. The number of Topliss-reactive ketones (excluding diaryl/α,β-unsaturated/α-hetero) is 1. The van der Waals surface area contributed by atoms with E-state index in [1.165, 1.54) is 10.0 Å². The van der Waals surface area contributed by atoms with Crippen LogP contribution in [0.1, 0.15) is 43.0 Å². The number of carbonyl (C=O) groups is 3. The Morgan fingerprint density at radius 3 is 2.44 bits per heavy atom. The number of carbonyl (C=O) groups excluding carboxylic acids is 3. The molecule has 0 aliphatic heterocycles. The van der Waals surface area contributed by atoms with Gasteiger partial charge in [0.15, 0.2) is 0 Å². The Kier molecular flexibility index (Phi) is 7.59. The number of rotatable bonds is 7. The summed E-state index contributed by atoms with van der Waals surface area (Å²) in [4.78, 5) is 46.1. The van der Waals surface area contributed by atoms with Gasteiger partial charge in [0, 0.05) is 0 Å². The van der Waals surface area contributed by atoms with Gasteiger partial charge in [-0.15, -0.1) is 0 Å². The van der Waals surface area contributed by atoms with Crippen molar-refractivity contribution < 1.29 is 19.5 Å². The summed E-state index contributed by atoms with van der Waals surface area (Å²) in [6, 6.07) is 8.66. The van der Waals surface area contributed by atoms with Crippen LogP contribution in [0.25, 0.3) is 0 Å². The monoisotopic (exact) mass is 551 g/mol. The number of fused-ring (bicyclic) bond motifs is 2. The molecule has 7 nitrogen and oxygen atoms in total. The summed E-state index contributed by atoms with van der Waals surface area (Å²) in [5.74, 6) is 0.406. The Bertz CT molecular complexity index is 855. The Labute approximate surface area is 195 Å². The van der Waals surface area contributed by atoms with Crippen LogP contribution in [0, 0.1) is 11.3 Å². The van der Waals surface area contributed by atoms with Crippen LogP contribution in [0.3, 0.4) is 0 Å². The summed E-state index contributed by atoms with van der Waals surface area (Å²) in [5.41, 5.74) is 0.106. The van der Waals surface area contributed by atoms with Crippen molar-refractivity contribution in [1.82, 2.24) is 15.3 Å². The van der Waals surface area contributed by atoms with Gasteiger partial charge in [-0.2, -0.15) is 0 Å². The van der Waals surface area contributed by atoms with Crippen molar-refractivity contribution in [3.63, 3.8) is 0 Å². The first-order chi connectivity index (χ1) is 14.9. The van der Waals surface area contributed by atoms with Crippen LogP contribution in [0.4, 0.5) is 4.79 Å². The van der Waals surface area contributed by atoms with Gasteiger partial charge < -0.3 is 0 Å². The Morgan fingerprint density at radius 2 is 1.88 bits per heavy atom. The summed E-state index contributed by atoms with van der Waals surface area (Å²) < 4.78 is 0.459. The number of nitrogens with zero attached hydrogens (tertiary/aromatic N) is 2. The van der Waals surface area contributed by atoms with Crippen molar-refractivity contribution in [2.45, 2.75) is 64.0 Å². The molecule has 2 bridgehead atoms. The number of aliphatic hydroxyl groups excluding tert-OH is 1. The SMILES string of the molecule is CC(O)CN(C(=O)[CH2][Sn]([CH3])([CH3])[CH3])N(C)C(=O)NC1CC2CCC1(C(=O)c1ccccc1)C2. The topological polar surface area (TPSA) is 89.9 Å². The van der Waals surface area contributed by atoms with E-state index < -0.39 is 35.9 Å². The second-order valence-electron chi connectivity index (χ2n) is 10.8. The molecule has 2 aliphatic rings. The molecule has 3 rings (SSSR count). The Hall–Kier alpha value is -1.61. The molecule has 176 valence electrons. The Balaban J connectivity index is 1.76. The minimum atomic E-state index is -2.45. The quantitative estimate of drug-likeness (QED) is 0.309.